The van der Waals surface area contributed by atoms with E-state index in [2.05, 4.69) is 27.8 Å². The maximum atomic E-state index is 5.63. The van der Waals surface area contributed by atoms with Crippen molar-refractivity contribution in [2.75, 3.05) is 0 Å². The number of rotatable bonds is 3. The van der Waals surface area contributed by atoms with E-state index in [1.54, 1.807) is 0 Å². The highest BCUT2D eigenvalue weighted by molar-refractivity contribution is 5.80. The highest BCUT2D eigenvalue weighted by atomic mass is 15.1. The summed E-state index contributed by atoms with van der Waals surface area (Å²) in [7, 11) is 0. The lowest BCUT2D eigenvalue weighted by molar-refractivity contribution is 0.772. The lowest BCUT2D eigenvalue weighted by Gasteiger charge is -2.07. The van der Waals surface area contributed by atoms with Crippen LogP contribution in [0.4, 0.5) is 0 Å². The maximum absolute atomic E-state index is 5.63. The Hall–Kier alpha value is -2.20. The van der Waals surface area contributed by atoms with Crippen LogP contribution in [0.3, 0.4) is 0 Å². The van der Waals surface area contributed by atoms with E-state index in [9.17, 15) is 0 Å². The molecule has 4 nitrogen and oxygen atoms in total. The van der Waals surface area contributed by atoms with Gasteiger partial charge in [0.25, 0.3) is 0 Å². The minimum atomic E-state index is 0.520. The van der Waals surface area contributed by atoms with Crippen molar-refractivity contribution in [3.8, 4) is 11.5 Å². The van der Waals surface area contributed by atoms with Crippen LogP contribution in [0.2, 0.25) is 0 Å². The van der Waals surface area contributed by atoms with E-state index in [1.165, 1.54) is 18.4 Å². The van der Waals surface area contributed by atoms with Gasteiger partial charge in [-0.2, -0.15) is 0 Å². The van der Waals surface area contributed by atoms with Gasteiger partial charge in [-0.3, -0.25) is 4.98 Å². The molecule has 4 rings (SSSR count). The molecule has 0 saturated heterocycles. The quantitative estimate of drug-likeness (QED) is 0.791. The molecule has 0 amide bonds. The molecule has 0 radical (unpaired) electrons. The van der Waals surface area contributed by atoms with Crippen molar-refractivity contribution < 1.29 is 0 Å². The molecule has 1 aliphatic rings. The lowest BCUT2D eigenvalue weighted by atomic mass is 10.2. The number of imidazole rings is 1. The van der Waals surface area contributed by atoms with Crippen LogP contribution in [0.1, 0.15) is 24.4 Å². The first-order valence-corrected chi connectivity index (χ1v) is 6.99. The summed E-state index contributed by atoms with van der Waals surface area (Å²) in [4.78, 5) is 9.29. The molecule has 1 fully saturated rings. The fraction of sp³-hybridized carbons (Fsp3) is 0.250. The SMILES string of the molecule is NCc1ccc(-c2nc3ccccc3n2C2CC2)nc1. The largest absolute Gasteiger partial charge is 0.326 e. The summed E-state index contributed by atoms with van der Waals surface area (Å²) in [6.45, 7) is 0.520. The Morgan fingerprint density at radius 3 is 2.70 bits per heavy atom. The molecule has 0 spiro atoms. The van der Waals surface area contributed by atoms with Crippen molar-refractivity contribution in [2.45, 2.75) is 25.4 Å². The molecule has 2 heterocycles. The zero-order chi connectivity index (χ0) is 13.5. The molecule has 1 aliphatic carbocycles. The van der Waals surface area contributed by atoms with Crippen LogP contribution >= 0.6 is 0 Å². The topological polar surface area (TPSA) is 56.7 Å². The number of para-hydroxylation sites is 2. The molecule has 3 aromatic rings. The van der Waals surface area contributed by atoms with Crippen LogP contribution in [0, 0.1) is 0 Å². The zero-order valence-electron chi connectivity index (χ0n) is 11.2. The summed E-state index contributed by atoms with van der Waals surface area (Å²) >= 11 is 0. The number of nitrogens with zero attached hydrogens (tertiary/aromatic N) is 3. The minimum absolute atomic E-state index is 0.520. The van der Waals surface area contributed by atoms with E-state index < -0.39 is 0 Å². The Balaban J connectivity index is 1.91. The number of pyridine rings is 1. The molecule has 1 saturated carbocycles. The second-order valence-corrected chi connectivity index (χ2v) is 5.28. The predicted molar refractivity (Wildman–Crippen MR) is 79.1 cm³/mol. The van der Waals surface area contributed by atoms with Crippen LogP contribution in [0.5, 0.6) is 0 Å². The normalized spacial score (nSPS) is 14.8. The minimum Gasteiger partial charge on any atom is -0.326 e. The van der Waals surface area contributed by atoms with Gasteiger partial charge in [-0.25, -0.2) is 4.98 Å². The summed E-state index contributed by atoms with van der Waals surface area (Å²) in [5, 5.41) is 0. The molecule has 0 bridgehead atoms. The Morgan fingerprint density at radius 1 is 1.15 bits per heavy atom. The molecular weight excluding hydrogens is 248 g/mol. The van der Waals surface area contributed by atoms with Crippen molar-refractivity contribution in [1.29, 1.82) is 0 Å². The number of aromatic nitrogens is 3. The Labute approximate surface area is 117 Å². The molecular formula is C16H16N4. The first kappa shape index (κ1) is 11.6. The second-order valence-electron chi connectivity index (χ2n) is 5.28. The van der Waals surface area contributed by atoms with Crippen molar-refractivity contribution in [3.63, 3.8) is 0 Å². The predicted octanol–water partition coefficient (Wildman–Crippen LogP) is 2.89. The second kappa shape index (κ2) is 4.42. The molecule has 20 heavy (non-hydrogen) atoms. The maximum Gasteiger partial charge on any atom is 0.160 e. The number of nitrogens with two attached hydrogens (primary N) is 1. The molecule has 1 aromatic carbocycles. The summed E-state index contributed by atoms with van der Waals surface area (Å²) in [6, 6.07) is 12.9. The van der Waals surface area contributed by atoms with E-state index >= 15 is 0 Å². The molecule has 0 aliphatic heterocycles. The molecule has 100 valence electrons. The van der Waals surface area contributed by atoms with Gasteiger partial charge in [0, 0.05) is 18.8 Å². The van der Waals surface area contributed by atoms with E-state index in [0.29, 0.717) is 12.6 Å². The third-order valence-electron chi connectivity index (χ3n) is 3.80. The number of benzene rings is 1. The standard InChI is InChI=1S/C16H16N4/c17-9-11-5-8-14(18-10-11)16-19-13-3-1-2-4-15(13)20(16)12-6-7-12/h1-5,8,10,12H,6-7,9,17H2. The van der Waals surface area contributed by atoms with E-state index in [4.69, 9.17) is 10.7 Å². The zero-order valence-corrected chi connectivity index (χ0v) is 11.2. The van der Waals surface area contributed by atoms with Gasteiger partial charge >= 0.3 is 0 Å². The van der Waals surface area contributed by atoms with Gasteiger partial charge in [-0.05, 0) is 36.6 Å². The first-order valence-electron chi connectivity index (χ1n) is 6.99. The Bertz CT molecular complexity index is 754. The van der Waals surface area contributed by atoms with E-state index in [1.807, 2.05) is 24.4 Å². The molecule has 4 heteroatoms. The summed E-state index contributed by atoms with van der Waals surface area (Å²) in [5.74, 6) is 0.970. The lowest BCUT2D eigenvalue weighted by Crippen LogP contribution is -2.01. The third kappa shape index (κ3) is 1.80. The number of hydrogen-bond acceptors (Lipinski definition) is 3. The van der Waals surface area contributed by atoms with Crippen molar-refractivity contribution in [3.05, 3.63) is 48.2 Å². The highest BCUT2D eigenvalue weighted by Gasteiger charge is 2.28. The van der Waals surface area contributed by atoms with Crippen LogP contribution < -0.4 is 5.73 Å². The number of hydrogen-bond donors (Lipinski definition) is 1. The van der Waals surface area contributed by atoms with E-state index in [-0.39, 0.29) is 0 Å². The van der Waals surface area contributed by atoms with Gasteiger partial charge in [0.1, 0.15) is 5.69 Å². The Morgan fingerprint density at radius 2 is 2.00 bits per heavy atom. The average Bonchev–Trinajstić information content (AvgIpc) is 3.27. The van der Waals surface area contributed by atoms with Crippen molar-refractivity contribution in [1.82, 2.24) is 14.5 Å². The first-order chi connectivity index (χ1) is 9.86. The van der Waals surface area contributed by atoms with Gasteiger partial charge in [0.2, 0.25) is 0 Å². The Kier molecular flexibility index (Phi) is 2.57. The summed E-state index contributed by atoms with van der Waals surface area (Å²) in [6.07, 6.45) is 4.30. The van der Waals surface area contributed by atoms with Gasteiger partial charge in [-0.1, -0.05) is 18.2 Å². The molecule has 2 N–H and O–H groups in total. The molecule has 0 atom stereocenters. The summed E-state index contributed by atoms with van der Waals surface area (Å²) < 4.78 is 2.33. The van der Waals surface area contributed by atoms with Crippen LogP contribution in [0.15, 0.2) is 42.6 Å². The van der Waals surface area contributed by atoms with Crippen molar-refractivity contribution in [2.24, 2.45) is 5.73 Å². The van der Waals surface area contributed by atoms with Crippen LogP contribution in [-0.4, -0.2) is 14.5 Å². The van der Waals surface area contributed by atoms with Gasteiger partial charge < -0.3 is 10.3 Å². The van der Waals surface area contributed by atoms with Gasteiger partial charge in [-0.15, -0.1) is 0 Å². The highest BCUT2D eigenvalue weighted by Crippen LogP contribution is 2.40. The third-order valence-corrected chi connectivity index (χ3v) is 3.80. The molecule has 0 unspecified atom stereocenters. The number of fused-ring (bicyclic) bond motifs is 1. The monoisotopic (exact) mass is 264 g/mol. The average molecular weight is 264 g/mol. The van der Waals surface area contributed by atoms with Crippen molar-refractivity contribution >= 4 is 11.0 Å². The summed E-state index contributed by atoms with van der Waals surface area (Å²) in [5.41, 5.74) is 9.84. The fourth-order valence-electron chi connectivity index (χ4n) is 2.61. The van der Waals surface area contributed by atoms with Crippen LogP contribution in [0.25, 0.3) is 22.6 Å². The van der Waals surface area contributed by atoms with E-state index in [0.717, 1.165) is 22.6 Å². The molecule has 2 aromatic heterocycles. The van der Waals surface area contributed by atoms with Crippen LogP contribution in [-0.2, 0) is 6.54 Å². The van der Waals surface area contributed by atoms with Gasteiger partial charge in [0.15, 0.2) is 5.82 Å². The smallest absolute Gasteiger partial charge is 0.160 e. The van der Waals surface area contributed by atoms with Gasteiger partial charge in [0.05, 0.1) is 11.0 Å². The fourth-order valence-corrected chi connectivity index (χ4v) is 2.61.